The van der Waals surface area contributed by atoms with Crippen molar-refractivity contribution in [3.05, 3.63) is 72.8 Å². The van der Waals surface area contributed by atoms with Crippen LogP contribution in [0, 0.1) is 0 Å². The Kier molecular flexibility index (Phi) is 11.3. The molecule has 5 aliphatic heterocycles. The van der Waals surface area contributed by atoms with Gasteiger partial charge in [-0.25, -0.2) is 0 Å². The lowest BCUT2D eigenvalue weighted by Crippen LogP contribution is -2.40. The highest BCUT2D eigenvalue weighted by molar-refractivity contribution is 6.19. The summed E-state index contributed by atoms with van der Waals surface area (Å²) >= 11 is 0. The highest BCUT2D eigenvalue weighted by atomic mass is 16.5. The van der Waals surface area contributed by atoms with Crippen molar-refractivity contribution in [2.45, 2.75) is 51.6 Å². The summed E-state index contributed by atoms with van der Waals surface area (Å²) in [4.78, 5) is 58.7. The van der Waals surface area contributed by atoms with Gasteiger partial charge >= 0.3 is 0 Å². The van der Waals surface area contributed by atoms with Gasteiger partial charge in [-0.2, -0.15) is 0 Å². The Bertz CT molecular complexity index is 2390. The van der Waals surface area contributed by atoms with Crippen LogP contribution in [-0.2, 0) is 22.6 Å². The minimum Gasteiger partial charge on any atom is -0.494 e. The molecular weight excluding hydrogens is 723 g/mol. The van der Waals surface area contributed by atoms with Gasteiger partial charge in [0, 0.05) is 94.0 Å². The Labute approximate surface area is 332 Å². The summed E-state index contributed by atoms with van der Waals surface area (Å²) in [6.45, 7) is 13.5. The number of aromatic hydroxyl groups is 1. The highest BCUT2D eigenvalue weighted by Crippen LogP contribution is 2.42. The summed E-state index contributed by atoms with van der Waals surface area (Å²) in [5, 5.41) is 14.2. The van der Waals surface area contributed by atoms with Crippen molar-refractivity contribution in [3.63, 3.8) is 0 Å². The number of anilines is 1. The van der Waals surface area contributed by atoms with Crippen LogP contribution in [0.1, 0.15) is 38.5 Å². The molecule has 0 atom stereocenters. The lowest BCUT2D eigenvalue weighted by molar-refractivity contribution is 0.0368. The molecule has 6 heterocycles. The number of nitrogens with zero attached hydrogens (tertiary/aromatic N) is 7. The van der Waals surface area contributed by atoms with Crippen LogP contribution >= 0.6 is 0 Å². The molecule has 3 aromatic rings. The van der Waals surface area contributed by atoms with Gasteiger partial charge in [-0.15, -0.1) is 0 Å². The maximum absolute atomic E-state index is 14.9. The average molecular weight is 778 g/mol. The lowest BCUT2D eigenvalue weighted by atomic mass is 9.86. The minimum atomic E-state index is -0.385. The summed E-state index contributed by atoms with van der Waals surface area (Å²) in [6, 6.07) is 11.9. The van der Waals surface area contributed by atoms with E-state index >= 15 is 0 Å². The molecule has 0 radical (unpaired) electrons. The van der Waals surface area contributed by atoms with E-state index in [0.29, 0.717) is 96.0 Å². The van der Waals surface area contributed by atoms with Gasteiger partial charge in [-0.3, -0.25) is 38.3 Å². The molecule has 0 amide bonds. The van der Waals surface area contributed by atoms with Gasteiger partial charge in [0.2, 0.25) is 5.88 Å². The largest absolute Gasteiger partial charge is 0.494 e. The number of likely N-dealkylation sites (tertiary alicyclic amines) is 1. The monoisotopic (exact) mass is 777 g/mol. The van der Waals surface area contributed by atoms with E-state index in [2.05, 4.69) is 31.7 Å². The molecule has 0 bridgehead atoms. The van der Waals surface area contributed by atoms with Gasteiger partial charge in [-0.05, 0) is 87.0 Å². The number of morpholine rings is 2. The Morgan fingerprint density at radius 3 is 1.81 bits per heavy atom. The molecule has 57 heavy (non-hydrogen) atoms. The fourth-order valence-corrected chi connectivity index (χ4v) is 9.62. The SMILES string of the molecule is O=c1c2c(=NCCN3CCCC3)cc3c(=O)n(CCCN4CCOCC4)c(=O)c4c(-c5ccc(N6CCCC6)cc5)cc(c(O)n1CCCN1CCOCC1)c2c4-3. The van der Waals surface area contributed by atoms with Gasteiger partial charge in [0.05, 0.1) is 54.7 Å². The highest BCUT2D eigenvalue weighted by Gasteiger charge is 2.30. The summed E-state index contributed by atoms with van der Waals surface area (Å²) in [5.74, 6) is -0.149. The molecule has 13 nitrogen and oxygen atoms in total. The third-order valence-corrected chi connectivity index (χ3v) is 12.7. The standard InChI is InChI=1S/C44H55N7O6/c52-41-34-29-33(31-7-9-32(10-8-31)49-16-3-4-17-49)39-37-35(42(53)50(43(39)54)18-5-14-47-21-25-56-26-22-47)30-36(45-11-20-46-12-1-2-13-46)40(38(34)37)44(55)51(41)19-6-15-48-23-27-57-28-24-48/h7-10,29-30,52H,1-6,11-28H2. The van der Waals surface area contributed by atoms with Crippen LogP contribution in [0.5, 0.6) is 5.88 Å². The summed E-state index contributed by atoms with van der Waals surface area (Å²) < 4.78 is 13.9. The normalized spacial score (nSPS) is 19.4. The third kappa shape index (κ3) is 7.56. The Morgan fingerprint density at radius 2 is 1.16 bits per heavy atom. The summed E-state index contributed by atoms with van der Waals surface area (Å²) in [5.41, 5.74) is 2.27. The number of ether oxygens (including phenoxy) is 2. The number of aromatic nitrogens is 2. The van der Waals surface area contributed by atoms with Crippen molar-refractivity contribution < 1.29 is 14.6 Å². The molecule has 1 aliphatic carbocycles. The molecule has 1 N–H and O–H groups in total. The molecular formula is C44H55N7O6. The fraction of sp³-hybridized carbons (Fsp3) is 0.545. The number of hydrogen-bond acceptors (Lipinski definition) is 11. The smallest absolute Gasteiger partial charge is 0.263 e. The van der Waals surface area contributed by atoms with Crippen LogP contribution < -0.4 is 26.9 Å². The van der Waals surface area contributed by atoms with Crippen molar-refractivity contribution >= 4 is 27.2 Å². The van der Waals surface area contributed by atoms with E-state index in [9.17, 15) is 19.5 Å². The maximum atomic E-state index is 14.9. The fourth-order valence-electron chi connectivity index (χ4n) is 9.62. The molecule has 0 saturated carbocycles. The van der Waals surface area contributed by atoms with E-state index in [-0.39, 0.29) is 29.1 Å². The van der Waals surface area contributed by atoms with Crippen molar-refractivity contribution in [3.8, 4) is 28.1 Å². The molecule has 0 unspecified atom stereocenters. The maximum Gasteiger partial charge on any atom is 0.263 e. The van der Waals surface area contributed by atoms with Crippen molar-refractivity contribution in [1.29, 1.82) is 0 Å². The topological polar surface area (TPSA) is 125 Å². The van der Waals surface area contributed by atoms with Crippen LogP contribution in [0.2, 0.25) is 0 Å². The second-order valence-electron chi connectivity index (χ2n) is 16.2. The molecule has 13 heteroatoms. The molecule has 4 fully saturated rings. The van der Waals surface area contributed by atoms with E-state index in [1.54, 1.807) is 6.07 Å². The number of benzene rings is 3. The Morgan fingerprint density at radius 1 is 0.579 bits per heavy atom. The van der Waals surface area contributed by atoms with Crippen molar-refractivity contribution in [1.82, 2.24) is 23.8 Å². The van der Waals surface area contributed by atoms with Gasteiger partial charge in [0.15, 0.2) is 0 Å². The molecule has 1 aromatic heterocycles. The van der Waals surface area contributed by atoms with E-state index in [4.69, 9.17) is 14.5 Å². The second kappa shape index (κ2) is 16.8. The zero-order chi connectivity index (χ0) is 38.9. The number of rotatable bonds is 13. The van der Waals surface area contributed by atoms with Gasteiger partial charge < -0.3 is 24.4 Å². The zero-order valence-corrected chi connectivity index (χ0v) is 33.1. The first-order valence-electron chi connectivity index (χ1n) is 21.2. The molecule has 6 aliphatic rings. The van der Waals surface area contributed by atoms with E-state index in [1.807, 2.05) is 18.2 Å². The molecule has 0 spiro atoms. The first-order chi connectivity index (χ1) is 28.0. The predicted octanol–water partition coefficient (Wildman–Crippen LogP) is 3.07. The Hall–Kier alpha value is -4.40. The van der Waals surface area contributed by atoms with E-state index < -0.39 is 0 Å². The number of hydrogen-bond donors (Lipinski definition) is 1. The Balaban J connectivity index is 1.23. The van der Waals surface area contributed by atoms with Crippen LogP contribution in [0.25, 0.3) is 43.8 Å². The predicted molar refractivity (Wildman–Crippen MR) is 224 cm³/mol. The zero-order valence-electron chi connectivity index (χ0n) is 33.1. The van der Waals surface area contributed by atoms with Gasteiger partial charge in [0.1, 0.15) is 0 Å². The molecule has 2 aromatic carbocycles. The molecule has 4 saturated heterocycles. The average Bonchev–Trinajstić information content (AvgIpc) is 3.98. The first-order valence-corrected chi connectivity index (χ1v) is 21.2. The summed E-state index contributed by atoms with van der Waals surface area (Å²) in [6.07, 6.45) is 5.95. The first kappa shape index (κ1) is 38.1. The van der Waals surface area contributed by atoms with Gasteiger partial charge in [-0.1, -0.05) is 12.1 Å². The van der Waals surface area contributed by atoms with E-state index in [1.165, 1.54) is 9.13 Å². The van der Waals surface area contributed by atoms with E-state index in [0.717, 1.165) is 109 Å². The molecule has 302 valence electrons. The van der Waals surface area contributed by atoms with Crippen LogP contribution in [0.15, 0.2) is 55.8 Å². The van der Waals surface area contributed by atoms with Gasteiger partial charge in [0.25, 0.3) is 16.7 Å². The second-order valence-corrected chi connectivity index (χ2v) is 16.2. The van der Waals surface area contributed by atoms with Crippen LogP contribution in [0.4, 0.5) is 5.69 Å². The molecule has 9 rings (SSSR count). The van der Waals surface area contributed by atoms with Crippen molar-refractivity contribution in [2.24, 2.45) is 4.99 Å². The number of pyridine rings is 2. The minimum absolute atomic E-state index is 0.149. The van der Waals surface area contributed by atoms with Crippen LogP contribution in [-0.4, -0.2) is 134 Å². The van der Waals surface area contributed by atoms with Crippen molar-refractivity contribution in [2.75, 3.05) is 110 Å². The lowest BCUT2D eigenvalue weighted by Gasteiger charge is -2.27. The van der Waals surface area contributed by atoms with Crippen LogP contribution in [0.3, 0.4) is 0 Å². The third-order valence-electron chi connectivity index (χ3n) is 12.7. The quantitative estimate of drug-likeness (QED) is 0.179. The summed E-state index contributed by atoms with van der Waals surface area (Å²) in [7, 11) is 0.